The second-order valence-corrected chi connectivity index (χ2v) is 7.90. The number of aliphatic carboxylic acids is 1. The van der Waals surface area contributed by atoms with Crippen molar-refractivity contribution in [1.29, 1.82) is 0 Å². The van der Waals surface area contributed by atoms with E-state index in [0.29, 0.717) is 11.1 Å². The number of carboxylic acids is 1. The van der Waals surface area contributed by atoms with Crippen LogP contribution in [0.3, 0.4) is 0 Å². The van der Waals surface area contributed by atoms with Crippen LogP contribution in [0, 0.1) is 0 Å². The highest BCUT2D eigenvalue weighted by Gasteiger charge is 2.23. The van der Waals surface area contributed by atoms with Crippen molar-refractivity contribution < 1.29 is 19.5 Å². The summed E-state index contributed by atoms with van der Waals surface area (Å²) in [5.41, 5.74) is 1.75. The lowest BCUT2D eigenvalue weighted by molar-refractivity contribution is -0.141. The average molecular weight is 493 g/mol. The summed E-state index contributed by atoms with van der Waals surface area (Å²) in [6, 6.07) is 23.5. The Balaban J connectivity index is 1.86. The Kier molecular flexibility index (Phi) is 7.94. The number of hydrogen-bond donors (Lipinski definition) is 3. The predicted molar refractivity (Wildman–Crippen MR) is 126 cm³/mol. The van der Waals surface area contributed by atoms with E-state index in [4.69, 9.17) is 0 Å². The van der Waals surface area contributed by atoms with Crippen LogP contribution in [0.15, 0.2) is 95.1 Å². The molecule has 32 heavy (non-hydrogen) atoms. The highest BCUT2D eigenvalue weighted by molar-refractivity contribution is 9.10. The van der Waals surface area contributed by atoms with Crippen LogP contribution >= 0.6 is 15.9 Å². The van der Waals surface area contributed by atoms with Crippen molar-refractivity contribution in [3.8, 4) is 0 Å². The molecular formula is C25H21BrN2O4. The van der Waals surface area contributed by atoms with Crippen molar-refractivity contribution in [3.05, 3.63) is 112 Å². The van der Waals surface area contributed by atoms with Crippen molar-refractivity contribution in [3.63, 3.8) is 0 Å². The van der Waals surface area contributed by atoms with Crippen molar-refractivity contribution in [1.82, 2.24) is 10.6 Å². The molecule has 0 aliphatic rings. The molecule has 3 aromatic rings. The van der Waals surface area contributed by atoms with Gasteiger partial charge in [0.1, 0.15) is 11.7 Å². The summed E-state index contributed by atoms with van der Waals surface area (Å²) in [7, 11) is 0. The van der Waals surface area contributed by atoms with Gasteiger partial charge in [-0.25, -0.2) is 4.79 Å². The Morgan fingerprint density at radius 2 is 1.56 bits per heavy atom. The van der Waals surface area contributed by atoms with Crippen molar-refractivity contribution in [2.45, 2.75) is 12.5 Å². The monoisotopic (exact) mass is 492 g/mol. The smallest absolute Gasteiger partial charge is 0.326 e. The lowest BCUT2D eigenvalue weighted by Gasteiger charge is -2.17. The Morgan fingerprint density at radius 1 is 0.906 bits per heavy atom. The van der Waals surface area contributed by atoms with Crippen LogP contribution in [0.5, 0.6) is 0 Å². The zero-order valence-electron chi connectivity index (χ0n) is 17.0. The first-order valence-corrected chi connectivity index (χ1v) is 10.6. The standard InChI is InChI=1S/C25H21BrN2O4/c26-20-13-7-10-18(14-20)16-21(27-23(29)19-11-5-2-6-12-19)24(30)28-22(25(31)32)15-17-8-3-1-4-9-17/h1-14,16,22H,15H2,(H,27,29)(H,28,30)(H,31,32)/b21-16+/t22-/m1/s1. The molecule has 3 aromatic carbocycles. The largest absolute Gasteiger partial charge is 0.480 e. The van der Waals surface area contributed by atoms with Gasteiger partial charge in [0.2, 0.25) is 0 Å². The Hall–Kier alpha value is -3.71. The quantitative estimate of drug-likeness (QED) is 0.413. The predicted octanol–water partition coefficient (Wildman–Crippen LogP) is 4.03. The van der Waals surface area contributed by atoms with Crippen molar-refractivity contribution >= 4 is 39.8 Å². The van der Waals surface area contributed by atoms with E-state index in [-0.39, 0.29) is 12.1 Å². The van der Waals surface area contributed by atoms with E-state index in [0.717, 1.165) is 10.0 Å². The number of amides is 2. The van der Waals surface area contributed by atoms with Crippen molar-refractivity contribution in [2.75, 3.05) is 0 Å². The third-order valence-corrected chi connectivity index (χ3v) is 5.07. The van der Waals surface area contributed by atoms with Crippen LogP contribution in [0.25, 0.3) is 6.08 Å². The summed E-state index contributed by atoms with van der Waals surface area (Å²) < 4.78 is 0.799. The Bertz CT molecular complexity index is 1130. The fraction of sp³-hybridized carbons (Fsp3) is 0.0800. The van der Waals surface area contributed by atoms with Crippen LogP contribution in [-0.4, -0.2) is 28.9 Å². The van der Waals surface area contributed by atoms with E-state index in [2.05, 4.69) is 26.6 Å². The first kappa shape index (κ1) is 23.0. The fourth-order valence-corrected chi connectivity index (χ4v) is 3.41. The average Bonchev–Trinajstić information content (AvgIpc) is 2.79. The molecule has 3 rings (SSSR count). The minimum atomic E-state index is -1.17. The van der Waals surface area contributed by atoms with Gasteiger partial charge in [0, 0.05) is 16.5 Å². The van der Waals surface area contributed by atoms with Crippen LogP contribution in [-0.2, 0) is 16.0 Å². The normalized spacial score (nSPS) is 12.0. The van der Waals surface area contributed by atoms with Gasteiger partial charge in [-0.05, 0) is 41.5 Å². The molecule has 0 aromatic heterocycles. The topological polar surface area (TPSA) is 95.5 Å². The number of carboxylic acid groups (broad SMARTS) is 1. The van der Waals surface area contributed by atoms with E-state index in [9.17, 15) is 19.5 Å². The molecule has 0 bridgehead atoms. The van der Waals surface area contributed by atoms with Gasteiger partial charge < -0.3 is 15.7 Å². The zero-order chi connectivity index (χ0) is 22.9. The molecule has 0 aliphatic heterocycles. The molecule has 0 saturated heterocycles. The summed E-state index contributed by atoms with van der Waals surface area (Å²) in [6.07, 6.45) is 1.61. The van der Waals surface area contributed by atoms with Gasteiger partial charge in [-0.2, -0.15) is 0 Å². The summed E-state index contributed by atoms with van der Waals surface area (Å²) in [4.78, 5) is 37.5. The lowest BCUT2D eigenvalue weighted by Crippen LogP contribution is -2.45. The first-order valence-electron chi connectivity index (χ1n) is 9.83. The minimum absolute atomic E-state index is 0.0590. The molecule has 1 atom stereocenters. The maximum absolute atomic E-state index is 13.0. The molecule has 2 amide bonds. The Labute approximate surface area is 194 Å². The van der Waals surface area contributed by atoms with Crippen molar-refractivity contribution in [2.24, 2.45) is 0 Å². The van der Waals surface area contributed by atoms with Gasteiger partial charge in [0.25, 0.3) is 11.8 Å². The molecule has 3 N–H and O–H groups in total. The van der Waals surface area contributed by atoms with Crippen LogP contribution in [0.1, 0.15) is 21.5 Å². The molecule has 162 valence electrons. The molecule has 0 saturated carbocycles. The Morgan fingerprint density at radius 3 is 2.19 bits per heavy atom. The fourth-order valence-electron chi connectivity index (χ4n) is 2.99. The number of hydrogen-bond acceptors (Lipinski definition) is 3. The van der Waals surface area contributed by atoms with Gasteiger partial charge >= 0.3 is 5.97 Å². The molecule has 6 nitrogen and oxygen atoms in total. The van der Waals surface area contributed by atoms with E-state index >= 15 is 0 Å². The van der Waals surface area contributed by atoms with Gasteiger partial charge in [-0.1, -0.05) is 76.6 Å². The summed E-state index contributed by atoms with van der Waals surface area (Å²) >= 11 is 3.38. The van der Waals surface area contributed by atoms with Crippen LogP contribution < -0.4 is 10.6 Å². The first-order chi connectivity index (χ1) is 15.4. The van der Waals surface area contributed by atoms with E-state index < -0.39 is 23.8 Å². The minimum Gasteiger partial charge on any atom is -0.480 e. The van der Waals surface area contributed by atoms with Crippen LogP contribution in [0.4, 0.5) is 0 Å². The number of benzene rings is 3. The number of carbonyl (C=O) groups is 3. The zero-order valence-corrected chi connectivity index (χ0v) is 18.6. The highest BCUT2D eigenvalue weighted by Crippen LogP contribution is 2.15. The number of carbonyl (C=O) groups excluding carboxylic acids is 2. The molecule has 0 unspecified atom stereocenters. The molecule has 0 heterocycles. The van der Waals surface area contributed by atoms with E-state index in [1.54, 1.807) is 72.8 Å². The second kappa shape index (κ2) is 11.1. The molecular weight excluding hydrogens is 472 g/mol. The van der Waals surface area contributed by atoms with Crippen LogP contribution in [0.2, 0.25) is 0 Å². The maximum atomic E-state index is 13.0. The van der Waals surface area contributed by atoms with E-state index in [1.807, 2.05) is 12.1 Å². The van der Waals surface area contributed by atoms with Gasteiger partial charge in [0.05, 0.1) is 0 Å². The number of halogens is 1. The lowest BCUT2D eigenvalue weighted by atomic mass is 10.1. The molecule has 0 fully saturated rings. The third-order valence-electron chi connectivity index (χ3n) is 4.57. The highest BCUT2D eigenvalue weighted by atomic mass is 79.9. The summed E-state index contributed by atoms with van der Waals surface area (Å²) in [6.45, 7) is 0. The molecule has 0 aliphatic carbocycles. The molecule has 0 radical (unpaired) electrons. The van der Waals surface area contributed by atoms with E-state index in [1.165, 1.54) is 6.08 Å². The maximum Gasteiger partial charge on any atom is 0.326 e. The summed E-state index contributed by atoms with van der Waals surface area (Å²) in [5.74, 6) is -2.34. The number of nitrogens with one attached hydrogen (secondary N) is 2. The van der Waals surface area contributed by atoms with Gasteiger partial charge in [-0.15, -0.1) is 0 Å². The van der Waals surface area contributed by atoms with Gasteiger partial charge in [0.15, 0.2) is 0 Å². The SMILES string of the molecule is O=C(N[C@H](Cc1ccccc1)C(=O)O)/C(=C\c1cccc(Br)c1)NC(=O)c1ccccc1. The second-order valence-electron chi connectivity index (χ2n) is 6.99. The number of rotatable bonds is 8. The summed E-state index contributed by atoms with van der Waals surface area (Å²) in [5, 5.41) is 14.8. The third kappa shape index (κ3) is 6.65. The molecule has 0 spiro atoms. The molecule has 7 heteroatoms. The van der Waals surface area contributed by atoms with Gasteiger partial charge in [-0.3, -0.25) is 9.59 Å².